The highest BCUT2D eigenvalue weighted by molar-refractivity contribution is 7.80. The first-order valence-corrected chi connectivity index (χ1v) is 46.4. The number of para-hydroxylation sites is 1. The SMILES string of the molecule is CC(=O)N[C@@H](CCCNC(=N)N)C(=O)N[C@@H](Cc1ccc(O)cc1)C(=O)N[C@@H](Cc1ccc(O)cc1)C(=O)N[C@@H](CCCNC(=N)N)C(=O)N[C@@H](Cc1c[nH]c2ccccc12)C(=O)N[C@@H](CCCCN)C(=O)N[C@@H](CCCCN)C(=O)N[C@@H](CCCCN)C(=O)N[C@@H](CCCCN)C(=O)N[C@@H](CCCCN)C(=O)N[C@@H](CCCCN)C(=O)N[C@@H](CCCCN)C(=O)N[C@@H](CS)C(N)=O. The van der Waals surface area contributed by atoms with Crippen molar-refractivity contribution in [2.75, 3.05) is 64.7 Å². The van der Waals surface area contributed by atoms with Gasteiger partial charge in [0, 0.05) is 62.1 Å². The number of nitrogens with two attached hydrogens (primary N) is 10. The van der Waals surface area contributed by atoms with Crippen LogP contribution in [-0.4, -0.2) is 253 Å². The Morgan fingerprint density at radius 2 is 0.549 bits per heavy atom. The topological polar surface area (TPSA) is 784 Å². The van der Waals surface area contributed by atoms with Gasteiger partial charge in [0.1, 0.15) is 90.0 Å². The van der Waals surface area contributed by atoms with Crippen LogP contribution in [0.5, 0.6) is 11.5 Å². The molecule has 14 amide bonds. The molecule has 4 rings (SSSR count). The first-order valence-electron chi connectivity index (χ1n) is 45.7. The standard InChI is InChI=1S/C88H146N28O16S/c1-53(117)104-61(29-18-46-101-87(97)98)75(121)113-71(49-55-33-37-58(119)38-34-55)85(131)114-70(48-54-31-35-57(118)36-32-54)84(130)112-69(30-19-47-102-88(99)100)82(128)115-72(50-56-51-103-60-21-3-2-20-59(56)60)86(132)111-67(27-9-16-44-94)81(127)109-65(25-7-14-42-92)79(125)107-63(23-5-12-40-90)77(123)105-62(22-4-11-39-89)76(122)106-64(24-6-13-41-91)78(124)108-66(26-8-15-43-93)80(126)110-68(28-10-17-45-95)83(129)116-73(52-133)74(96)120/h2-3,20-21,31-38,51,61-73,103,118-119,133H,4-19,22-30,39-50,52,89-95H2,1H3,(H2,96,120)(H,104,117)(H,105,123)(H,106,122)(H,107,125)(H,108,124)(H,109,127)(H,110,126)(H,111,132)(H,112,130)(H,113,121)(H,114,131)(H,115,128)(H,116,129)(H4,97,98,101)(H4,99,100,102)/t61-,62-,63-,64-,65-,66-,67-,68-,69-,70-,71-,72-,73-/m0/s1. The highest BCUT2D eigenvalue weighted by Gasteiger charge is 2.39. The van der Waals surface area contributed by atoms with E-state index in [1.807, 2.05) is 0 Å². The third-order valence-corrected chi connectivity index (χ3v) is 22.3. The molecule has 13 atom stereocenters. The Morgan fingerprint density at radius 3 is 0.797 bits per heavy atom. The van der Waals surface area contributed by atoms with E-state index in [1.165, 1.54) is 55.5 Å². The average Bonchev–Trinajstić information content (AvgIpc) is 1.67. The van der Waals surface area contributed by atoms with Crippen LogP contribution in [0.15, 0.2) is 79.0 Å². The van der Waals surface area contributed by atoms with Gasteiger partial charge in [0.05, 0.1) is 0 Å². The Bertz CT molecular complexity index is 4320. The van der Waals surface area contributed by atoms with Gasteiger partial charge in [-0.05, 0) is 253 Å². The molecule has 0 saturated heterocycles. The van der Waals surface area contributed by atoms with Crippen molar-refractivity contribution in [2.45, 2.75) is 265 Å². The van der Waals surface area contributed by atoms with Crippen LogP contribution in [0.4, 0.5) is 0 Å². The van der Waals surface area contributed by atoms with Crippen LogP contribution in [0, 0.1) is 10.8 Å². The minimum atomic E-state index is -1.59. The van der Waals surface area contributed by atoms with Gasteiger partial charge in [0.2, 0.25) is 82.7 Å². The molecular formula is C88H146N28O16S. The second kappa shape index (κ2) is 64.0. The van der Waals surface area contributed by atoms with Crippen molar-refractivity contribution < 1.29 is 77.3 Å². The van der Waals surface area contributed by atoms with E-state index in [9.17, 15) is 48.6 Å². The lowest BCUT2D eigenvalue weighted by Gasteiger charge is -2.29. The monoisotopic (exact) mass is 1880 g/mol. The molecule has 0 aliphatic heterocycles. The average molecular weight is 1880 g/mol. The summed E-state index contributed by atoms with van der Waals surface area (Å²) in [5.74, 6) is -12.8. The van der Waals surface area contributed by atoms with Crippen LogP contribution in [-0.2, 0) is 86.4 Å². The molecule has 133 heavy (non-hydrogen) atoms. The molecule has 4 aromatic rings. The van der Waals surface area contributed by atoms with Gasteiger partial charge in [-0.2, -0.15) is 12.6 Å². The van der Waals surface area contributed by atoms with Crippen molar-refractivity contribution in [3.8, 4) is 11.5 Å². The van der Waals surface area contributed by atoms with E-state index < -0.39 is 167 Å². The third-order valence-electron chi connectivity index (χ3n) is 21.9. The van der Waals surface area contributed by atoms with Crippen molar-refractivity contribution in [2.24, 2.45) is 57.3 Å². The number of carbonyl (C=O) groups excluding carboxylic acids is 14. The summed E-state index contributed by atoms with van der Waals surface area (Å²) in [5, 5.41) is 77.5. The van der Waals surface area contributed by atoms with Crippen molar-refractivity contribution in [1.82, 2.24) is 84.7 Å². The molecule has 0 spiro atoms. The van der Waals surface area contributed by atoms with Crippen LogP contribution in [0.2, 0.25) is 0 Å². The lowest BCUT2D eigenvalue weighted by molar-refractivity contribution is -0.136. The normalized spacial score (nSPS) is 14.1. The van der Waals surface area contributed by atoms with Crippen LogP contribution in [0.3, 0.4) is 0 Å². The Morgan fingerprint density at radius 1 is 0.316 bits per heavy atom. The zero-order valence-corrected chi connectivity index (χ0v) is 77.1. The number of rotatable bonds is 69. The molecule has 1 aromatic heterocycles. The molecule has 0 bridgehead atoms. The molecule has 0 aliphatic carbocycles. The number of hydrogen-bond donors (Lipinski definition) is 31. The van der Waals surface area contributed by atoms with E-state index in [0.29, 0.717) is 91.8 Å². The molecule has 0 unspecified atom stereocenters. The summed E-state index contributed by atoms with van der Waals surface area (Å²) >= 11 is 4.13. The lowest BCUT2D eigenvalue weighted by atomic mass is 10.00. The maximum absolute atomic E-state index is 15.5. The molecule has 0 radical (unpaired) electrons. The van der Waals surface area contributed by atoms with E-state index in [2.05, 4.69) is 97.4 Å². The van der Waals surface area contributed by atoms with E-state index in [4.69, 9.17) is 68.2 Å². The maximum Gasteiger partial charge on any atom is 0.243 e. The van der Waals surface area contributed by atoms with Crippen LogP contribution >= 0.6 is 12.6 Å². The number of aromatic nitrogens is 1. The largest absolute Gasteiger partial charge is 0.508 e. The number of guanidine groups is 2. The van der Waals surface area contributed by atoms with E-state index in [-0.39, 0.29) is 198 Å². The van der Waals surface area contributed by atoms with Gasteiger partial charge >= 0.3 is 0 Å². The molecule has 0 saturated carbocycles. The number of primary amides is 1. The number of aromatic amines is 1. The summed E-state index contributed by atoms with van der Waals surface area (Å²) in [6, 6.07) is 0.323. The molecule has 3 aromatic carbocycles. The first kappa shape index (κ1) is 113. The fourth-order valence-electron chi connectivity index (χ4n) is 14.5. The Balaban J connectivity index is 1.77. The van der Waals surface area contributed by atoms with Gasteiger partial charge in [-0.15, -0.1) is 0 Å². The van der Waals surface area contributed by atoms with Crippen molar-refractivity contribution in [1.29, 1.82) is 10.8 Å². The summed E-state index contributed by atoms with van der Waals surface area (Å²) in [5.41, 5.74) is 60.0. The lowest BCUT2D eigenvalue weighted by Crippen LogP contribution is -2.61. The molecule has 45 heteroatoms. The molecule has 0 aliphatic rings. The van der Waals surface area contributed by atoms with Gasteiger partial charge in [-0.1, -0.05) is 42.5 Å². The van der Waals surface area contributed by atoms with Crippen molar-refractivity contribution >= 4 is 118 Å². The number of H-pyrrole nitrogens is 1. The number of carbonyl (C=O) groups is 14. The van der Waals surface area contributed by atoms with Crippen molar-refractivity contribution in [3.05, 3.63) is 95.7 Å². The summed E-state index contributed by atoms with van der Waals surface area (Å²) in [6.45, 7) is 2.79. The second-order valence-corrected chi connectivity index (χ2v) is 33.2. The molecule has 1 heterocycles. The van der Waals surface area contributed by atoms with Gasteiger partial charge in [-0.25, -0.2) is 0 Å². The predicted molar refractivity (Wildman–Crippen MR) is 508 cm³/mol. The molecule has 40 N–H and O–H groups in total. The number of benzene rings is 3. The van der Waals surface area contributed by atoms with E-state index in [1.54, 1.807) is 30.5 Å². The smallest absolute Gasteiger partial charge is 0.243 e. The second-order valence-electron chi connectivity index (χ2n) is 32.8. The van der Waals surface area contributed by atoms with Crippen LogP contribution < -0.4 is 137 Å². The molecule has 44 nitrogen and oxygen atoms in total. The van der Waals surface area contributed by atoms with Gasteiger partial charge in [0.15, 0.2) is 11.9 Å². The van der Waals surface area contributed by atoms with Crippen LogP contribution in [0.25, 0.3) is 10.9 Å². The Kier molecular flexibility index (Phi) is 54.5. The fourth-order valence-corrected chi connectivity index (χ4v) is 14.8. The van der Waals surface area contributed by atoms with E-state index >= 15 is 28.8 Å². The highest BCUT2D eigenvalue weighted by Crippen LogP contribution is 2.22. The molecule has 740 valence electrons. The third kappa shape index (κ3) is 43.9. The minimum Gasteiger partial charge on any atom is -0.508 e. The summed E-state index contributed by atoms with van der Waals surface area (Å²) < 4.78 is 0. The number of unbranched alkanes of at least 4 members (excludes halogenated alkanes) is 7. The summed E-state index contributed by atoms with van der Waals surface area (Å²) in [4.78, 5) is 206. The van der Waals surface area contributed by atoms with Crippen LogP contribution in [0.1, 0.15) is 184 Å². The number of nitrogens with one attached hydrogen (secondary N) is 18. The number of phenolic OH excluding ortho intramolecular Hbond substituents is 2. The molecule has 0 fully saturated rings. The Labute approximate surface area is 781 Å². The maximum atomic E-state index is 15.5. The van der Waals surface area contributed by atoms with Crippen molar-refractivity contribution in [3.63, 3.8) is 0 Å². The fraction of sp³-hybridized carbons (Fsp3) is 0.591. The zero-order valence-electron chi connectivity index (χ0n) is 76.2. The highest BCUT2D eigenvalue weighted by atomic mass is 32.1. The molecular weight excluding hydrogens is 1740 g/mol. The van der Waals surface area contributed by atoms with Gasteiger partial charge < -0.3 is 152 Å². The number of hydrogen-bond acceptors (Lipinski definition) is 26. The number of fused-ring (bicyclic) bond motifs is 1. The summed E-state index contributed by atoms with van der Waals surface area (Å²) in [6.07, 6.45) is 5.77. The summed E-state index contributed by atoms with van der Waals surface area (Å²) in [7, 11) is 0. The number of thiol groups is 1. The quantitative estimate of drug-likeness (QED) is 0.00862. The van der Waals surface area contributed by atoms with Gasteiger partial charge in [0.25, 0.3) is 0 Å². The Hall–Kier alpha value is -12.0. The number of aromatic hydroxyl groups is 2. The van der Waals surface area contributed by atoms with E-state index in [0.717, 1.165) is 0 Å². The zero-order chi connectivity index (χ0) is 98.2. The first-order chi connectivity index (χ1) is 63.7. The predicted octanol–water partition coefficient (Wildman–Crippen LogP) is -4.23. The number of amides is 14. The minimum absolute atomic E-state index is 0.00603. The van der Waals surface area contributed by atoms with Gasteiger partial charge in [-0.3, -0.25) is 77.9 Å². The number of phenols is 2.